The Labute approximate surface area is 158 Å². The molecule has 0 unspecified atom stereocenters. The lowest BCUT2D eigenvalue weighted by Gasteiger charge is -2.13. The van der Waals surface area contributed by atoms with Gasteiger partial charge in [0.25, 0.3) is 5.91 Å². The summed E-state index contributed by atoms with van der Waals surface area (Å²) in [5.41, 5.74) is 0. The number of carbonyl (C=O) groups is 3. The third kappa shape index (κ3) is 4.51. The number of hydrogen-bond donors (Lipinski definition) is 1. The van der Waals surface area contributed by atoms with Crippen molar-refractivity contribution in [2.75, 3.05) is 13.1 Å². The molecule has 0 bridgehead atoms. The minimum Gasteiger partial charge on any atom is -0.486 e. The number of rotatable bonds is 7. The van der Waals surface area contributed by atoms with E-state index in [1.54, 1.807) is 12.1 Å². The van der Waals surface area contributed by atoms with Crippen LogP contribution in [0, 0.1) is 0 Å². The minimum atomic E-state index is -0.405. The van der Waals surface area contributed by atoms with Gasteiger partial charge in [-0.15, -0.1) is 0 Å². The predicted molar refractivity (Wildman–Crippen MR) is 95.5 cm³/mol. The minimum absolute atomic E-state index is 0.150. The number of ether oxygens (including phenoxy) is 1. The summed E-state index contributed by atoms with van der Waals surface area (Å²) in [5.74, 6) is 0.542. The van der Waals surface area contributed by atoms with Crippen molar-refractivity contribution in [3.05, 3.63) is 52.4 Å². The van der Waals surface area contributed by atoms with Crippen LogP contribution in [0.15, 0.2) is 45.3 Å². The van der Waals surface area contributed by atoms with Crippen molar-refractivity contribution in [2.45, 2.75) is 19.4 Å². The van der Waals surface area contributed by atoms with Crippen LogP contribution in [0.25, 0.3) is 0 Å². The zero-order chi connectivity index (χ0) is 18.5. The maximum Gasteiger partial charge on any atom is 0.287 e. The van der Waals surface area contributed by atoms with E-state index in [4.69, 9.17) is 9.15 Å². The van der Waals surface area contributed by atoms with Crippen LogP contribution in [0.2, 0.25) is 0 Å². The second-order valence-corrected chi connectivity index (χ2v) is 6.62. The highest BCUT2D eigenvalue weighted by Gasteiger charge is 2.28. The molecule has 7 nitrogen and oxygen atoms in total. The molecule has 136 valence electrons. The third-order valence-corrected chi connectivity index (χ3v) is 4.33. The second kappa shape index (κ2) is 8.18. The van der Waals surface area contributed by atoms with Gasteiger partial charge in [-0.3, -0.25) is 19.3 Å². The van der Waals surface area contributed by atoms with Crippen molar-refractivity contribution >= 4 is 33.7 Å². The molecule has 3 rings (SSSR count). The highest BCUT2D eigenvalue weighted by atomic mass is 79.9. The van der Waals surface area contributed by atoms with Crippen LogP contribution in [0.3, 0.4) is 0 Å². The van der Waals surface area contributed by atoms with Crippen LogP contribution < -0.4 is 10.1 Å². The van der Waals surface area contributed by atoms with Crippen molar-refractivity contribution in [3.8, 4) is 5.75 Å². The molecule has 2 aromatic rings. The Hall–Kier alpha value is -2.61. The molecule has 1 aromatic carbocycles. The predicted octanol–water partition coefficient (Wildman–Crippen LogP) is 2.50. The average molecular weight is 421 g/mol. The van der Waals surface area contributed by atoms with E-state index in [2.05, 4.69) is 21.2 Å². The smallest absolute Gasteiger partial charge is 0.287 e. The van der Waals surface area contributed by atoms with Gasteiger partial charge in [0.15, 0.2) is 5.76 Å². The van der Waals surface area contributed by atoms with Gasteiger partial charge in [-0.2, -0.15) is 0 Å². The fourth-order valence-corrected chi connectivity index (χ4v) is 2.91. The molecule has 26 heavy (non-hydrogen) atoms. The number of hydrogen-bond acceptors (Lipinski definition) is 5. The van der Waals surface area contributed by atoms with E-state index in [0.717, 1.165) is 4.47 Å². The first kappa shape index (κ1) is 18.2. The van der Waals surface area contributed by atoms with E-state index in [1.165, 1.54) is 4.90 Å². The fraction of sp³-hybridized carbons (Fsp3) is 0.278. The number of benzene rings is 1. The summed E-state index contributed by atoms with van der Waals surface area (Å²) in [4.78, 5) is 36.2. The molecule has 0 radical (unpaired) electrons. The molecule has 0 atom stereocenters. The summed E-state index contributed by atoms with van der Waals surface area (Å²) in [6, 6.07) is 10.6. The molecule has 1 aliphatic rings. The normalized spacial score (nSPS) is 14.0. The summed E-state index contributed by atoms with van der Waals surface area (Å²) in [7, 11) is 0. The number of nitrogens with zero attached hydrogens (tertiary/aromatic N) is 1. The van der Waals surface area contributed by atoms with Crippen molar-refractivity contribution in [1.82, 2.24) is 10.2 Å². The fourth-order valence-electron chi connectivity index (χ4n) is 2.53. The number of carbonyl (C=O) groups excluding carboxylic acids is 3. The van der Waals surface area contributed by atoms with E-state index < -0.39 is 5.91 Å². The quantitative estimate of drug-likeness (QED) is 0.695. The first-order chi connectivity index (χ1) is 12.5. The first-order valence-corrected chi connectivity index (χ1v) is 8.91. The Morgan fingerprint density at radius 1 is 1.19 bits per heavy atom. The molecule has 1 N–H and O–H groups in total. The molecule has 1 aromatic heterocycles. The molecule has 0 spiro atoms. The van der Waals surface area contributed by atoms with Gasteiger partial charge in [0.1, 0.15) is 18.1 Å². The Morgan fingerprint density at radius 2 is 1.96 bits per heavy atom. The van der Waals surface area contributed by atoms with Crippen molar-refractivity contribution in [2.24, 2.45) is 0 Å². The highest BCUT2D eigenvalue weighted by molar-refractivity contribution is 9.10. The lowest BCUT2D eigenvalue weighted by atomic mass is 10.3. The van der Waals surface area contributed by atoms with Gasteiger partial charge in [-0.1, -0.05) is 22.0 Å². The van der Waals surface area contributed by atoms with E-state index >= 15 is 0 Å². The summed E-state index contributed by atoms with van der Waals surface area (Å²) >= 11 is 3.37. The molecular formula is C18H17BrN2O5. The van der Waals surface area contributed by atoms with E-state index in [1.807, 2.05) is 24.3 Å². The summed E-state index contributed by atoms with van der Waals surface area (Å²) in [6.07, 6.45) is 0.485. The molecule has 3 amide bonds. The van der Waals surface area contributed by atoms with Gasteiger partial charge in [0.05, 0.1) is 0 Å². The number of nitrogens with one attached hydrogen (secondary N) is 1. The number of imide groups is 1. The first-order valence-electron chi connectivity index (χ1n) is 8.11. The maximum atomic E-state index is 12.1. The van der Waals surface area contributed by atoms with Crippen molar-refractivity contribution in [3.63, 3.8) is 0 Å². The molecule has 2 heterocycles. The highest BCUT2D eigenvalue weighted by Crippen LogP contribution is 2.19. The van der Waals surface area contributed by atoms with Crippen molar-refractivity contribution in [1.29, 1.82) is 0 Å². The number of likely N-dealkylation sites (tertiary alicyclic amines) is 1. The Morgan fingerprint density at radius 3 is 2.69 bits per heavy atom. The molecular weight excluding hydrogens is 404 g/mol. The van der Waals surface area contributed by atoms with Gasteiger partial charge >= 0.3 is 0 Å². The van der Waals surface area contributed by atoms with Gasteiger partial charge < -0.3 is 14.5 Å². The van der Waals surface area contributed by atoms with E-state index in [9.17, 15) is 14.4 Å². The van der Waals surface area contributed by atoms with E-state index in [-0.39, 0.29) is 50.1 Å². The SMILES string of the molecule is O=C(NCCN1C(=O)CCC1=O)c1ccc(COc2cccc(Br)c2)o1. The van der Waals surface area contributed by atoms with Crippen LogP contribution in [-0.2, 0) is 16.2 Å². The van der Waals surface area contributed by atoms with Crippen LogP contribution in [-0.4, -0.2) is 35.7 Å². The summed E-state index contributed by atoms with van der Waals surface area (Å²) in [6.45, 7) is 0.546. The Bertz CT molecular complexity index is 816. The zero-order valence-electron chi connectivity index (χ0n) is 13.9. The van der Waals surface area contributed by atoms with E-state index in [0.29, 0.717) is 11.5 Å². The largest absolute Gasteiger partial charge is 0.486 e. The molecule has 1 fully saturated rings. The third-order valence-electron chi connectivity index (χ3n) is 3.84. The molecule has 0 saturated carbocycles. The monoisotopic (exact) mass is 420 g/mol. The van der Waals surface area contributed by atoms with Gasteiger partial charge in [0, 0.05) is 30.4 Å². The number of amides is 3. The van der Waals surface area contributed by atoms with Gasteiger partial charge in [-0.25, -0.2) is 0 Å². The van der Waals surface area contributed by atoms with Gasteiger partial charge in [-0.05, 0) is 30.3 Å². The maximum absolute atomic E-state index is 12.1. The Kier molecular flexibility index (Phi) is 5.72. The number of halogens is 1. The second-order valence-electron chi connectivity index (χ2n) is 5.71. The zero-order valence-corrected chi connectivity index (χ0v) is 15.5. The Balaban J connectivity index is 1.47. The molecule has 1 saturated heterocycles. The van der Waals surface area contributed by atoms with Crippen LogP contribution in [0.4, 0.5) is 0 Å². The molecule has 0 aliphatic carbocycles. The number of furan rings is 1. The van der Waals surface area contributed by atoms with Crippen LogP contribution in [0.1, 0.15) is 29.2 Å². The average Bonchev–Trinajstić information content (AvgIpc) is 3.22. The topological polar surface area (TPSA) is 88.9 Å². The standard InChI is InChI=1S/C18H17BrN2O5/c19-12-2-1-3-13(10-12)25-11-14-4-5-15(26-14)18(24)20-8-9-21-16(22)6-7-17(21)23/h1-5,10H,6-9,11H2,(H,20,24). The van der Waals surface area contributed by atoms with Crippen LogP contribution >= 0.6 is 15.9 Å². The lowest BCUT2D eigenvalue weighted by molar-refractivity contribution is -0.138. The molecule has 1 aliphatic heterocycles. The molecule has 8 heteroatoms. The van der Waals surface area contributed by atoms with Crippen molar-refractivity contribution < 1.29 is 23.5 Å². The lowest BCUT2D eigenvalue weighted by Crippen LogP contribution is -2.37. The van der Waals surface area contributed by atoms with Crippen LogP contribution in [0.5, 0.6) is 5.75 Å². The summed E-state index contributed by atoms with van der Waals surface area (Å²) in [5, 5.41) is 2.64. The van der Waals surface area contributed by atoms with Gasteiger partial charge in [0.2, 0.25) is 11.8 Å². The summed E-state index contributed by atoms with van der Waals surface area (Å²) < 4.78 is 12.0.